The van der Waals surface area contributed by atoms with Crippen molar-refractivity contribution in [2.24, 2.45) is 0 Å². The fourth-order valence-corrected chi connectivity index (χ4v) is 3.60. The van der Waals surface area contributed by atoms with Crippen molar-refractivity contribution in [3.05, 3.63) is 69.0 Å². The summed E-state index contributed by atoms with van der Waals surface area (Å²) >= 11 is 18.9. The Morgan fingerprint density at radius 3 is 2.27 bits per heavy atom. The van der Waals surface area contributed by atoms with Gasteiger partial charge in [0.1, 0.15) is 0 Å². The van der Waals surface area contributed by atoms with Gasteiger partial charge in [0, 0.05) is 21.6 Å². The fraction of sp³-hybridized carbons (Fsp3) is 0.227. The molecule has 8 heteroatoms. The standard InChI is InChI=1S/C22H19Cl3N4O/c1-12-18(20-26-27-21(30-20)22(2,3)4)28-29(16-7-5-6-15(24)17(16)25)19(12)13-8-10-14(23)11-9-13/h5-11H,1-4H3. The van der Waals surface area contributed by atoms with E-state index in [4.69, 9.17) is 44.3 Å². The number of halogens is 3. The second-order valence-electron chi connectivity index (χ2n) is 7.98. The minimum absolute atomic E-state index is 0.267. The Bertz CT molecular complexity index is 1220. The van der Waals surface area contributed by atoms with Crippen molar-refractivity contribution in [1.29, 1.82) is 0 Å². The quantitative estimate of drug-likeness (QED) is 0.325. The predicted octanol–water partition coefficient (Wildman–Crippen LogP) is 7.16. The van der Waals surface area contributed by atoms with E-state index in [-0.39, 0.29) is 5.41 Å². The van der Waals surface area contributed by atoms with Crippen LogP contribution in [0.3, 0.4) is 0 Å². The van der Waals surface area contributed by atoms with Crippen molar-refractivity contribution in [2.75, 3.05) is 0 Å². The maximum Gasteiger partial charge on any atom is 0.268 e. The highest BCUT2D eigenvalue weighted by molar-refractivity contribution is 6.43. The molecule has 30 heavy (non-hydrogen) atoms. The van der Waals surface area contributed by atoms with Crippen LogP contribution in [0.4, 0.5) is 0 Å². The summed E-state index contributed by atoms with van der Waals surface area (Å²) in [6.07, 6.45) is 0. The summed E-state index contributed by atoms with van der Waals surface area (Å²) in [5.74, 6) is 0.893. The molecule has 0 aliphatic rings. The third-order valence-electron chi connectivity index (χ3n) is 4.67. The average Bonchev–Trinajstić information content (AvgIpc) is 3.30. The Morgan fingerprint density at radius 2 is 1.63 bits per heavy atom. The monoisotopic (exact) mass is 460 g/mol. The summed E-state index contributed by atoms with van der Waals surface area (Å²) < 4.78 is 7.70. The van der Waals surface area contributed by atoms with Crippen LogP contribution < -0.4 is 0 Å². The third kappa shape index (κ3) is 3.73. The van der Waals surface area contributed by atoms with E-state index in [0.717, 1.165) is 16.8 Å². The van der Waals surface area contributed by atoms with Crippen LogP contribution in [0.25, 0.3) is 28.5 Å². The molecule has 0 aliphatic carbocycles. The Kier molecular flexibility index (Phi) is 5.39. The topological polar surface area (TPSA) is 56.7 Å². The van der Waals surface area contributed by atoms with Crippen LogP contribution in [-0.2, 0) is 5.41 Å². The average molecular weight is 462 g/mol. The molecule has 0 fully saturated rings. The molecule has 5 nitrogen and oxygen atoms in total. The molecule has 4 rings (SSSR count). The maximum atomic E-state index is 6.52. The number of hydrogen-bond donors (Lipinski definition) is 0. The minimum Gasteiger partial charge on any atom is -0.419 e. The summed E-state index contributed by atoms with van der Waals surface area (Å²) in [5, 5.41) is 14.7. The molecule has 154 valence electrons. The number of nitrogens with zero attached hydrogens (tertiary/aromatic N) is 4. The molecule has 2 aromatic carbocycles. The van der Waals surface area contributed by atoms with E-state index in [1.807, 2.05) is 64.1 Å². The highest BCUT2D eigenvalue weighted by Gasteiger charge is 2.26. The highest BCUT2D eigenvalue weighted by Crippen LogP contribution is 2.37. The van der Waals surface area contributed by atoms with Gasteiger partial charge in [-0.3, -0.25) is 0 Å². The van der Waals surface area contributed by atoms with E-state index in [2.05, 4.69) is 10.2 Å². The second-order valence-corrected chi connectivity index (χ2v) is 9.20. The van der Waals surface area contributed by atoms with Gasteiger partial charge in [-0.15, -0.1) is 10.2 Å². The van der Waals surface area contributed by atoms with Gasteiger partial charge >= 0.3 is 0 Å². The Morgan fingerprint density at radius 1 is 0.933 bits per heavy atom. The summed E-state index contributed by atoms with van der Waals surface area (Å²) in [5.41, 5.74) is 3.59. The van der Waals surface area contributed by atoms with E-state index in [1.165, 1.54) is 0 Å². The number of benzene rings is 2. The van der Waals surface area contributed by atoms with E-state index in [0.29, 0.717) is 38.2 Å². The van der Waals surface area contributed by atoms with Gasteiger partial charge in [-0.05, 0) is 31.2 Å². The third-order valence-corrected chi connectivity index (χ3v) is 5.73. The summed E-state index contributed by atoms with van der Waals surface area (Å²) in [4.78, 5) is 0. The van der Waals surface area contributed by atoms with Gasteiger partial charge < -0.3 is 4.42 Å². The van der Waals surface area contributed by atoms with Crippen molar-refractivity contribution >= 4 is 34.8 Å². The predicted molar refractivity (Wildman–Crippen MR) is 121 cm³/mol. The van der Waals surface area contributed by atoms with Gasteiger partial charge in [0.15, 0.2) is 5.69 Å². The van der Waals surface area contributed by atoms with Gasteiger partial charge in [-0.1, -0.05) is 73.8 Å². The molecule has 0 atom stereocenters. The molecular formula is C22H19Cl3N4O. The molecule has 4 aromatic rings. The minimum atomic E-state index is -0.267. The molecule has 0 aliphatic heterocycles. The maximum absolute atomic E-state index is 6.52. The van der Waals surface area contributed by atoms with Crippen molar-refractivity contribution in [1.82, 2.24) is 20.0 Å². The lowest BCUT2D eigenvalue weighted by Crippen LogP contribution is -2.11. The summed E-state index contributed by atoms with van der Waals surface area (Å²) in [7, 11) is 0. The van der Waals surface area contributed by atoms with Gasteiger partial charge in [0.2, 0.25) is 5.89 Å². The Hall–Kier alpha value is -2.34. The van der Waals surface area contributed by atoms with E-state index >= 15 is 0 Å². The second kappa shape index (κ2) is 7.73. The van der Waals surface area contributed by atoms with Crippen LogP contribution in [0, 0.1) is 6.92 Å². The number of hydrogen-bond acceptors (Lipinski definition) is 4. The van der Waals surface area contributed by atoms with Crippen LogP contribution in [0.5, 0.6) is 0 Å². The molecule has 0 N–H and O–H groups in total. The van der Waals surface area contributed by atoms with Crippen LogP contribution in [-0.4, -0.2) is 20.0 Å². The first-order chi connectivity index (χ1) is 14.2. The first kappa shape index (κ1) is 20.9. The van der Waals surface area contributed by atoms with Crippen molar-refractivity contribution in [2.45, 2.75) is 33.1 Å². The smallest absolute Gasteiger partial charge is 0.268 e. The molecule has 0 saturated carbocycles. The van der Waals surface area contributed by atoms with E-state index in [1.54, 1.807) is 10.7 Å². The molecule has 2 heterocycles. The zero-order chi connectivity index (χ0) is 21.6. The molecule has 0 radical (unpaired) electrons. The molecule has 0 amide bonds. The molecule has 0 spiro atoms. The SMILES string of the molecule is Cc1c(-c2nnc(C(C)(C)C)o2)nn(-c2cccc(Cl)c2Cl)c1-c1ccc(Cl)cc1. The van der Waals surface area contributed by atoms with Crippen molar-refractivity contribution in [3.8, 4) is 28.5 Å². The molecule has 0 saturated heterocycles. The normalized spacial score (nSPS) is 11.8. The number of aromatic nitrogens is 4. The van der Waals surface area contributed by atoms with Gasteiger partial charge in [0.05, 0.1) is 21.4 Å². The van der Waals surface area contributed by atoms with Crippen molar-refractivity contribution < 1.29 is 4.42 Å². The molecular weight excluding hydrogens is 443 g/mol. The van der Waals surface area contributed by atoms with Gasteiger partial charge in [-0.2, -0.15) is 5.10 Å². The molecule has 0 unspecified atom stereocenters. The van der Waals surface area contributed by atoms with Gasteiger partial charge in [-0.25, -0.2) is 4.68 Å². The molecule has 2 aromatic heterocycles. The van der Waals surface area contributed by atoms with Crippen LogP contribution in [0.1, 0.15) is 32.2 Å². The lowest BCUT2D eigenvalue weighted by molar-refractivity contribution is 0.398. The summed E-state index contributed by atoms with van der Waals surface area (Å²) in [6.45, 7) is 8.00. The fourth-order valence-electron chi connectivity index (χ4n) is 3.10. The first-order valence-corrected chi connectivity index (χ1v) is 10.4. The van der Waals surface area contributed by atoms with Gasteiger partial charge in [0.25, 0.3) is 5.89 Å². The highest BCUT2D eigenvalue weighted by atomic mass is 35.5. The van der Waals surface area contributed by atoms with Crippen LogP contribution >= 0.6 is 34.8 Å². The van der Waals surface area contributed by atoms with Crippen LogP contribution in [0.15, 0.2) is 46.9 Å². The van der Waals surface area contributed by atoms with Crippen molar-refractivity contribution in [3.63, 3.8) is 0 Å². The Balaban J connectivity index is 1.97. The number of rotatable bonds is 3. The van der Waals surface area contributed by atoms with E-state index < -0.39 is 0 Å². The lowest BCUT2D eigenvalue weighted by atomic mass is 9.97. The summed E-state index contributed by atoms with van der Waals surface area (Å²) in [6, 6.07) is 12.9. The zero-order valence-electron chi connectivity index (χ0n) is 16.9. The molecule has 0 bridgehead atoms. The largest absolute Gasteiger partial charge is 0.419 e. The first-order valence-electron chi connectivity index (χ1n) is 9.31. The van der Waals surface area contributed by atoms with Crippen LogP contribution in [0.2, 0.25) is 15.1 Å². The Labute approximate surface area is 189 Å². The lowest BCUT2D eigenvalue weighted by Gasteiger charge is -2.11. The van der Waals surface area contributed by atoms with E-state index in [9.17, 15) is 0 Å². The zero-order valence-corrected chi connectivity index (χ0v) is 19.1.